The molecule has 1 heterocycles. The van der Waals surface area contributed by atoms with Crippen LogP contribution in [-0.4, -0.2) is 19.5 Å². The highest BCUT2D eigenvalue weighted by Gasteiger charge is 2.25. The number of epoxide rings is 1. The Labute approximate surface area is 56.2 Å². The summed E-state index contributed by atoms with van der Waals surface area (Å²) in [6.07, 6.45) is 0.115. The highest BCUT2D eigenvalue weighted by atomic mass is 16.8. The van der Waals surface area contributed by atoms with Crippen molar-refractivity contribution in [2.24, 2.45) is 5.41 Å². The normalized spacial score (nSPS) is 26.3. The summed E-state index contributed by atoms with van der Waals surface area (Å²) >= 11 is 0. The van der Waals surface area contributed by atoms with Gasteiger partial charge in [-0.15, -0.1) is 0 Å². The summed E-state index contributed by atoms with van der Waals surface area (Å²) in [6.45, 7) is 8.02. The van der Waals surface area contributed by atoms with Crippen LogP contribution in [0.4, 0.5) is 0 Å². The van der Waals surface area contributed by atoms with Gasteiger partial charge in [-0.1, -0.05) is 20.8 Å². The van der Waals surface area contributed by atoms with Crippen LogP contribution in [0.25, 0.3) is 0 Å². The molecule has 2 nitrogen and oxygen atoms in total. The van der Waals surface area contributed by atoms with E-state index in [0.29, 0.717) is 0 Å². The molecule has 0 spiro atoms. The quantitative estimate of drug-likeness (QED) is 0.527. The third-order valence-corrected chi connectivity index (χ3v) is 1.00. The molecule has 1 fully saturated rings. The second-order valence-corrected chi connectivity index (χ2v) is 3.63. The van der Waals surface area contributed by atoms with Crippen LogP contribution in [0.1, 0.15) is 20.8 Å². The fourth-order valence-electron chi connectivity index (χ4n) is 0.478. The Balaban J connectivity index is 2.03. The van der Waals surface area contributed by atoms with E-state index in [-0.39, 0.29) is 11.7 Å². The molecule has 0 aromatic carbocycles. The van der Waals surface area contributed by atoms with E-state index in [1.54, 1.807) is 0 Å². The maximum absolute atomic E-state index is 5.30. The van der Waals surface area contributed by atoms with Gasteiger partial charge in [0.1, 0.15) is 6.61 Å². The lowest BCUT2D eigenvalue weighted by Crippen LogP contribution is -2.15. The van der Waals surface area contributed by atoms with Crippen LogP contribution >= 0.6 is 0 Å². The van der Waals surface area contributed by atoms with E-state index in [2.05, 4.69) is 20.8 Å². The topological polar surface area (TPSA) is 21.8 Å². The zero-order valence-electron chi connectivity index (χ0n) is 6.31. The fraction of sp³-hybridized carbons (Fsp3) is 1.00. The molecule has 2 heteroatoms. The predicted octanol–water partition coefficient (Wildman–Crippen LogP) is 1.41. The molecular weight excluding hydrogens is 116 g/mol. The summed E-state index contributed by atoms with van der Waals surface area (Å²) in [4.78, 5) is 0. The van der Waals surface area contributed by atoms with Gasteiger partial charge in [-0.25, -0.2) is 0 Å². The molecule has 54 valence electrons. The van der Waals surface area contributed by atoms with Crippen molar-refractivity contribution in [1.29, 1.82) is 0 Å². The lowest BCUT2D eigenvalue weighted by Gasteiger charge is -2.16. The van der Waals surface area contributed by atoms with Gasteiger partial charge in [-0.2, -0.15) is 0 Å². The molecule has 9 heavy (non-hydrogen) atoms. The number of hydrogen-bond acceptors (Lipinski definition) is 2. The Kier molecular flexibility index (Phi) is 1.78. The van der Waals surface area contributed by atoms with Crippen molar-refractivity contribution in [2.75, 3.05) is 13.2 Å². The largest absolute Gasteiger partial charge is 0.350 e. The maximum atomic E-state index is 5.30. The highest BCUT2D eigenvalue weighted by molar-refractivity contribution is 4.62. The monoisotopic (exact) mass is 130 g/mol. The van der Waals surface area contributed by atoms with Gasteiger partial charge in [-0.3, -0.25) is 0 Å². The summed E-state index contributed by atoms with van der Waals surface area (Å²) in [5, 5.41) is 0. The molecular formula is C7H14O2. The van der Waals surface area contributed by atoms with Gasteiger partial charge in [0.15, 0.2) is 6.29 Å². The molecule has 1 aliphatic rings. The summed E-state index contributed by atoms with van der Waals surface area (Å²) in [5.41, 5.74) is 0.270. The molecule has 0 aliphatic carbocycles. The van der Waals surface area contributed by atoms with Crippen molar-refractivity contribution in [3.63, 3.8) is 0 Å². The lowest BCUT2D eigenvalue weighted by molar-refractivity contribution is 0.00874. The van der Waals surface area contributed by atoms with E-state index in [9.17, 15) is 0 Å². The SMILES string of the molecule is CC(C)(C)COC1CO1. The van der Waals surface area contributed by atoms with Crippen LogP contribution in [0.2, 0.25) is 0 Å². The minimum absolute atomic E-state index is 0.115. The molecule has 1 rings (SSSR count). The minimum atomic E-state index is 0.115. The van der Waals surface area contributed by atoms with Gasteiger partial charge in [0.05, 0.1) is 6.61 Å². The zero-order valence-corrected chi connectivity index (χ0v) is 6.31. The molecule has 0 amide bonds. The van der Waals surface area contributed by atoms with Crippen molar-refractivity contribution < 1.29 is 9.47 Å². The van der Waals surface area contributed by atoms with Crippen molar-refractivity contribution in [3.05, 3.63) is 0 Å². The first-order valence-electron chi connectivity index (χ1n) is 3.31. The van der Waals surface area contributed by atoms with Crippen LogP contribution < -0.4 is 0 Å². The highest BCUT2D eigenvalue weighted by Crippen LogP contribution is 2.18. The Morgan fingerprint density at radius 2 is 2.11 bits per heavy atom. The summed E-state index contributed by atoms with van der Waals surface area (Å²) < 4.78 is 10.2. The molecule has 1 aliphatic heterocycles. The Hall–Kier alpha value is -0.0800. The first-order valence-corrected chi connectivity index (χ1v) is 3.31. The number of rotatable bonds is 2. The van der Waals surface area contributed by atoms with Crippen molar-refractivity contribution in [2.45, 2.75) is 27.1 Å². The van der Waals surface area contributed by atoms with Gasteiger partial charge in [-0.05, 0) is 5.41 Å². The molecule has 0 aromatic rings. The smallest absolute Gasteiger partial charge is 0.181 e. The molecule has 0 saturated carbocycles. The number of hydrogen-bond donors (Lipinski definition) is 0. The fourth-order valence-corrected chi connectivity index (χ4v) is 0.478. The Bertz CT molecular complexity index is 89.6. The predicted molar refractivity (Wildman–Crippen MR) is 35.1 cm³/mol. The van der Waals surface area contributed by atoms with Gasteiger partial charge in [0, 0.05) is 0 Å². The molecule has 0 aromatic heterocycles. The van der Waals surface area contributed by atoms with E-state index < -0.39 is 0 Å². The molecule has 1 saturated heterocycles. The number of ether oxygens (including phenoxy) is 2. The van der Waals surface area contributed by atoms with Crippen LogP contribution in [0.3, 0.4) is 0 Å². The molecule has 1 atom stereocenters. The van der Waals surface area contributed by atoms with Gasteiger partial charge < -0.3 is 9.47 Å². The van der Waals surface area contributed by atoms with Crippen molar-refractivity contribution in [3.8, 4) is 0 Å². The van der Waals surface area contributed by atoms with E-state index in [0.717, 1.165) is 13.2 Å². The lowest BCUT2D eigenvalue weighted by atomic mass is 9.99. The third-order valence-electron chi connectivity index (χ3n) is 1.00. The Morgan fingerprint density at radius 1 is 1.56 bits per heavy atom. The van der Waals surface area contributed by atoms with Crippen molar-refractivity contribution in [1.82, 2.24) is 0 Å². The second-order valence-electron chi connectivity index (χ2n) is 3.63. The third kappa shape index (κ3) is 3.49. The molecule has 0 N–H and O–H groups in total. The van der Waals surface area contributed by atoms with Crippen LogP contribution in [0.15, 0.2) is 0 Å². The maximum Gasteiger partial charge on any atom is 0.181 e. The van der Waals surface area contributed by atoms with E-state index >= 15 is 0 Å². The standard InChI is InChI=1S/C7H14O2/c1-7(2,3)5-9-6-4-8-6/h6H,4-5H2,1-3H3. The average Bonchev–Trinajstić information content (AvgIpc) is 2.38. The zero-order chi connectivity index (χ0) is 6.91. The molecule has 0 bridgehead atoms. The summed E-state index contributed by atoms with van der Waals surface area (Å²) in [6, 6.07) is 0. The van der Waals surface area contributed by atoms with E-state index in [1.165, 1.54) is 0 Å². The summed E-state index contributed by atoms with van der Waals surface area (Å²) in [7, 11) is 0. The van der Waals surface area contributed by atoms with E-state index in [1.807, 2.05) is 0 Å². The van der Waals surface area contributed by atoms with Crippen LogP contribution in [-0.2, 0) is 9.47 Å². The summed E-state index contributed by atoms with van der Waals surface area (Å²) in [5.74, 6) is 0. The second kappa shape index (κ2) is 2.27. The van der Waals surface area contributed by atoms with Crippen LogP contribution in [0, 0.1) is 5.41 Å². The van der Waals surface area contributed by atoms with E-state index in [4.69, 9.17) is 9.47 Å². The molecule has 1 unspecified atom stereocenters. The Morgan fingerprint density at radius 3 is 2.44 bits per heavy atom. The van der Waals surface area contributed by atoms with Gasteiger partial charge in [0.2, 0.25) is 0 Å². The molecule has 0 radical (unpaired) electrons. The van der Waals surface area contributed by atoms with Gasteiger partial charge >= 0.3 is 0 Å². The van der Waals surface area contributed by atoms with Gasteiger partial charge in [0.25, 0.3) is 0 Å². The first kappa shape index (κ1) is 7.03. The first-order chi connectivity index (χ1) is 4.08. The average molecular weight is 130 g/mol. The van der Waals surface area contributed by atoms with Crippen LogP contribution in [0.5, 0.6) is 0 Å². The minimum Gasteiger partial charge on any atom is -0.350 e. The van der Waals surface area contributed by atoms with Crippen molar-refractivity contribution >= 4 is 0 Å².